The fourth-order valence-electron chi connectivity index (χ4n) is 2.26. The van der Waals surface area contributed by atoms with Crippen LogP contribution in [0.4, 0.5) is 4.79 Å². The van der Waals surface area contributed by atoms with E-state index in [0.717, 1.165) is 11.1 Å². The van der Waals surface area contributed by atoms with Crippen LogP contribution in [0.2, 0.25) is 0 Å². The second-order valence-electron chi connectivity index (χ2n) is 5.92. The standard InChI is InChI=1S/C17H26N4O4/c1-5-10(2)14(19-17(18)24)16(23)21-20-13(22)9-25-15-11(3)7-6-8-12(15)4/h6-8,10,14H,5,9H2,1-4H3,(H,20,22)(H,21,23)(H3,18,19,24). The van der Waals surface area contributed by atoms with E-state index in [1.54, 1.807) is 6.92 Å². The van der Waals surface area contributed by atoms with Gasteiger partial charge in [0.05, 0.1) is 0 Å². The Morgan fingerprint density at radius 2 is 1.76 bits per heavy atom. The molecule has 0 aliphatic heterocycles. The highest BCUT2D eigenvalue weighted by atomic mass is 16.5. The van der Waals surface area contributed by atoms with E-state index in [2.05, 4.69) is 16.2 Å². The Labute approximate surface area is 147 Å². The maximum atomic E-state index is 12.1. The summed E-state index contributed by atoms with van der Waals surface area (Å²) >= 11 is 0. The third-order valence-corrected chi connectivity index (χ3v) is 3.87. The van der Waals surface area contributed by atoms with E-state index in [9.17, 15) is 14.4 Å². The molecular weight excluding hydrogens is 324 g/mol. The molecule has 25 heavy (non-hydrogen) atoms. The van der Waals surface area contributed by atoms with Crippen LogP contribution in [0.5, 0.6) is 5.75 Å². The Kier molecular flexibility index (Phi) is 7.71. The molecule has 0 bridgehead atoms. The first-order valence-corrected chi connectivity index (χ1v) is 8.09. The fraction of sp³-hybridized carbons (Fsp3) is 0.471. The van der Waals surface area contributed by atoms with E-state index in [4.69, 9.17) is 10.5 Å². The topological polar surface area (TPSA) is 123 Å². The molecule has 0 saturated carbocycles. The molecule has 4 amide bonds. The summed E-state index contributed by atoms with van der Waals surface area (Å²) in [5.74, 6) is -0.571. The minimum absolute atomic E-state index is 0.143. The largest absolute Gasteiger partial charge is 0.483 e. The van der Waals surface area contributed by atoms with Gasteiger partial charge in [0, 0.05) is 0 Å². The molecule has 0 radical (unpaired) electrons. The summed E-state index contributed by atoms with van der Waals surface area (Å²) in [6, 6.07) is 4.04. The second kappa shape index (κ2) is 9.51. The highest BCUT2D eigenvalue weighted by molar-refractivity contribution is 5.88. The Balaban J connectivity index is 2.54. The van der Waals surface area contributed by atoms with Crippen molar-refractivity contribution < 1.29 is 19.1 Å². The molecule has 2 atom stereocenters. The number of para-hydroxylation sites is 1. The molecule has 1 aromatic rings. The number of hydrogen-bond acceptors (Lipinski definition) is 4. The quantitative estimate of drug-likeness (QED) is 0.546. The molecule has 5 N–H and O–H groups in total. The van der Waals surface area contributed by atoms with Crippen LogP contribution in [0.25, 0.3) is 0 Å². The molecule has 138 valence electrons. The predicted octanol–water partition coefficient (Wildman–Crippen LogP) is 0.913. The Bertz CT molecular complexity index is 613. The molecule has 0 aliphatic rings. The lowest BCUT2D eigenvalue weighted by Gasteiger charge is -2.22. The summed E-state index contributed by atoms with van der Waals surface area (Å²) in [5, 5.41) is 2.37. The van der Waals surface area contributed by atoms with Gasteiger partial charge in [0.15, 0.2) is 6.61 Å². The van der Waals surface area contributed by atoms with E-state index in [1.165, 1.54) is 0 Å². The van der Waals surface area contributed by atoms with Crippen molar-refractivity contribution in [3.63, 3.8) is 0 Å². The highest BCUT2D eigenvalue weighted by Crippen LogP contribution is 2.21. The number of urea groups is 1. The van der Waals surface area contributed by atoms with Crippen molar-refractivity contribution in [2.75, 3.05) is 6.61 Å². The van der Waals surface area contributed by atoms with Crippen molar-refractivity contribution in [2.45, 2.75) is 40.2 Å². The third kappa shape index (κ3) is 6.33. The Morgan fingerprint density at radius 3 is 2.28 bits per heavy atom. The van der Waals surface area contributed by atoms with Gasteiger partial charge < -0.3 is 15.8 Å². The molecule has 0 fully saturated rings. The molecular formula is C17H26N4O4. The smallest absolute Gasteiger partial charge is 0.312 e. The number of carbonyl (C=O) groups is 3. The monoisotopic (exact) mass is 350 g/mol. The van der Waals surface area contributed by atoms with E-state index >= 15 is 0 Å². The van der Waals surface area contributed by atoms with Gasteiger partial charge in [-0.2, -0.15) is 0 Å². The summed E-state index contributed by atoms with van der Waals surface area (Å²) in [6.45, 7) is 7.20. The molecule has 0 heterocycles. The van der Waals surface area contributed by atoms with Gasteiger partial charge in [-0.15, -0.1) is 0 Å². The highest BCUT2D eigenvalue weighted by Gasteiger charge is 2.25. The van der Waals surface area contributed by atoms with Crippen molar-refractivity contribution in [2.24, 2.45) is 11.7 Å². The van der Waals surface area contributed by atoms with Gasteiger partial charge in [-0.1, -0.05) is 38.5 Å². The van der Waals surface area contributed by atoms with Crippen molar-refractivity contribution >= 4 is 17.8 Å². The van der Waals surface area contributed by atoms with Crippen LogP contribution in [-0.2, 0) is 9.59 Å². The van der Waals surface area contributed by atoms with E-state index in [-0.39, 0.29) is 12.5 Å². The molecule has 8 nitrogen and oxygen atoms in total. The van der Waals surface area contributed by atoms with Crippen LogP contribution < -0.4 is 26.6 Å². The lowest BCUT2D eigenvalue weighted by molar-refractivity contribution is -0.131. The Hall–Kier alpha value is -2.77. The van der Waals surface area contributed by atoms with Crippen LogP contribution in [0.1, 0.15) is 31.4 Å². The van der Waals surface area contributed by atoms with Gasteiger partial charge >= 0.3 is 6.03 Å². The normalized spacial score (nSPS) is 12.6. The van der Waals surface area contributed by atoms with Crippen molar-refractivity contribution in [1.82, 2.24) is 16.2 Å². The first-order valence-electron chi connectivity index (χ1n) is 8.09. The number of hydrazine groups is 1. The minimum Gasteiger partial charge on any atom is -0.483 e. The summed E-state index contributed by atoms with van der Waals surface area (Å²) < 4.78 is 5.50. The first kappa shape index (κ1) is 20.3. The number of carbonyl (C=O) groups excluding carboxylic acids is 3. The maximum absolute atomic E-state index is 12.1. The van der Waals surface area contributed by atoms with E-state index in [1.807, 2.05) is 39.0 Å². The predicted molar refractivity (Wildman–Crippen MR) is 93.7 cm³/mol. The average Bonchev–Trinajstić information content (AvgIpc) is 2.56. The number of rotatable bonds is 7. The van der Waals surface area contributed by atoms with E-state index in [0.29, 0.717) is 12.2 Å². The average molecular weight is 350 g/mol. The van der Waals surface area contributed by atoms with Crippen LogP contribution in [0.3, 0.4) is 0 Å². The third-order valence-electron chi connectivity index (χ3n) is 3.87. The number of hydrogen-bond donors (Lipinski definition) is 4. The second-order valence-corrected chi connectivity index (χ2v) is 5.92. The molecule has 2 unspecified atom stereocenters. The molecule has 0 saturated heterocycles. The fourth-order valence-corrected chi connectivity index (χ4v) is 2.26. The van der Waals surface area contributed by atoms with Crippen LogP contribution in [0.15, 0.2) is 18.2 Å². The SMILES string of the molecule is CCC(C)C(NC(N)=O)C(=O)NNC(=O)COc1c(C)cccc1C. The number of ether oxygens (including phenoxy) is 1. The number of nitrogens with two attached hydrogens (primary N) is 1. The lowest BCUT2D eigenvalue weighted by Crippen LogP contribution is -2.56. The van der Waals surface area contributed by atoms with Gasteiger partial charge in [-0.05, 0) is 30.9 Å². The molecule has 0 aromatic heterocycles. The lowest BCUT2D eigenvalue weighted by atomic mass is 9.99. The van der Waals surface area contributed by atoms with Crippen molar-refractivity contribution in [3.05, 3.63) is 29.3 Å². The molecule has 1 rings (SSSR count). The number of aryl methyl sites for hydroxylation is 2. The van der Waals surface area contributed by atoms with Gasteiger partial charge in [-0.3, -0.25) is 20.4 Å². The van der Waals surface area contributed by atoms with Crippen molar-refractivity contribution in [1.29, 1.82) is 0 Å². The summed E-state index contributed by atoms with van der Waals surface area (Å²) in [7, 11) is 0. The molecule has 8 heteroatoms. The van der Waals surface area contributed by atoms with Crippen LogP contribution in [0, 0.1) is 19.8 Å². The van der Waals surface area contributed by atoms with Crippen molar-refractivity contribution in [3.8, 4) is 5.75 Å². The van der Waals surface area contributed by atoms with Crippen LogP contribution >= 0.6 is 0 Å². The molecule has 0 spiro atoms. The zero-order chi connectivity index (χ0) is 19.0. The minimum atomic E-state index is -0.831. The summed E-state index contributed by atoms with van der Waals surface area (Å²) in [4.78, 5) is 35.0. The number of primary amides is 1. The molecule has 1 aromatic carbocycles. The van der Waals surface area contributed by atoms with Gasteiger partial charge in [-0.25, -0.2) is 4.79 Å². The van der Waals surface area contributed by atoms with Crippen LogP contribution in [-0.4, -0.2) is 30.5 Å². The first-order chi connectivity index (χ1) is 11.8. The summed E-state index contributed by atoms with van der Waals surface area (Å²) in [5.41, 5.74) is 11.5. The zero-order valence-electron chi connectivity index (χ0n) is 15.0. The number of benzene rings is 1. The number of nitrogens with one attached hydrogen (secondary N) is 3. The maximum Gasteiger partial charge on any atom is 0.312 e. The van der Waals surface area contributed by atoms with E-state index < -0.39 is 23.9 Å². The zero-order valence-corrected chi connectivity index (χ0v) is 15.0. The van der Waals surface area contributed by atoms with Gasteiger partial charge in [0.25, 0.3) is 11.8 Å². The van der Waals surface area contributed by atoms with Gasteiger partial charge in [0.2, 0.25) is 0 Å². The number of amides is 4. The molecule has 0 aliphatic carbocycles. The Morgan fingerprint density at radius 1 is 1.16 bits per heavy atom. The summed E-state index contributed by atoms with van der Waals surface area (Å²) in [6.07, 6.45) is 0.655. The van der Waals surface area contributed by atoms with Gasteiger partial charge in [0.1, 0.15) is 11.8 Å².